The van der Waals surface area contributed by atoms with Crippen LogP contribution in [0.15, 0.2) is 57.1 Å². The Morgan fingerprint density at radius 2 is 1.88 bits per heavy atom. The number of aryl methyl sites for hydroxylation is 3. The summed E-state index contributed by atoms with van der Waals surface area (Å²) in [6, 6.07) is 9.15. The number of hydrogen-bond acceptors (Lipinski definition) is 7. The van der Waals surface area contributed by atoms with Gasteiger partial charge in [0.25, 0.3) is 15.6 Å². The van der Waals surface area contributed by atoms with Crippen LogP contribution in [0.3, 0.4) is 0 Å². The molecule has 0 fully saturated rings. The molecule has 0 bridgehead atoms. The van der Waals surface area contributed by atoms with E-state index in [0.717, 1.165) is 11.0 Å². The van der Waals surface area contributed by atoms with E-state index in [-0.39, 0.29) is 51.3 Å². The molecule has 15 heteroatoms. The Bertz CT molecular complexity index is 2010. The van der Waals surface area contributed by atoms with Crippen LogP contribution < -0.4 is 16.0 Å². The Labute approximate surface area is 244 Å². The molecule has 0 aliphatic heterocycles. The lowest BCUT2D eigenvalue weighted by Gasteiger charge is -2.11. The Morgan fingerprint density at radius 3 is 2.52 bits per heavy atom. The number of fused-ring (bicyclic) bond motifs is 1. The van der Waals surface area contributed by atoms with E-state index >= 15 is 0 Å². The number of anilines is 1. The largest absolute Gasteiger partial charge is 0.336 e. The van der Waals surface area contributed by atoms with E-state index in [1.54, 1.807) is 32.2 Å². The molecular formula is C27H28ClFN8O4S. The van der Waals surface area contributed by atoms with Crippen LogP contribution in [0.5, 0.6) is 0 Å². The van der Waals surface area contributed by atoms with Crippen molar-refractivity contribution in [3.8, 4) is 0 Å². The summed E-state index contributed by atoms with van der Waals surface area (Å²) in [5.41, 5.74) is 0.336. The Kier molecular flexibility index (Phi) is 8.01. The molecule has 0 saturated carbocycles. The van der Waals surface area contributed by atoms with Gasteiger partial charge in [0.15, 0.2) is 5.65 Å². The van der Waals surface area contributed by atoms with Crippen molar-refractivity contribution in [3.05, 3.63) is 97.0 Å². The number of rotatable bonds is 10. The van der Waals surface area contributed by atoms with E-state index in [9.17, 15) is 22.4 Å². The number of aromatic amines is 1. The van der Waals surface area contributed by atoms with E-state index in [0.29, 0.717) is 24.4 Å². The zero-order valence-electron chi connectivity index (χ0n) is 23.1. The van der Waals surface area contributed by atoms with Crippen molar-refractivity contribution in [3.63, 3.8) is 0 Å². The molecule has 220 valence electrons. The van der Waals surface area contributed by atoms with Gasteiger partial charge >= 0.3 is 5.69 Å². The smallest absolute Gasteiger partial charge is 0.333 e. The fourth-order valence-corrected chi connectivity index (χ4v) is 6.40. The first-order valence-electron chi connectivity index (χ1n) is 13.1. The molecule has 0 amide bonds. The van der Waals surface area contributed by atoms with Crippen molar-refractivity contribution in [2.24, 2.45) is 7.05 Å². The van der Waals surface area contributed by atoms with E-state index in [1.807, 2.05) is 6.92 Å². The summed E-state index contributed by atoms with van der Waals surface area (Å²) in [5.74, 6) is -0.0263. The van der Waals surface area contributed by atoms with Crippen LogP contribution >= 0.6 is 11.6 Å². The summed E-state index contributed by atoms with van der Waals surface area (Å²) in [6.45, 7) is 3.65. The summed E-state index contributed by atoms with van der Waals surface area (Å²) in [7, 11) is -2.49. The third kappa shape index (κ3) is 5.59. The minimum Gasteiger partial charge on any atom is -0.336 e. The van der Waals surface area contributed by atoms with Crippen molar-refractivity contribution in [2.45, 2.75) is 51.1 Å². The number of imidazole rings is 1. The fourth-order valence-electron chi connectivity index (χ4n) is 4.64. The van der Waals surface area contributed by atoms with Crippen molar-refractivity contribution in [2.75, 3.05) is 4.72 Å². The first-order valence-corrected chi connectivity index (χ1v) is 15.0. The van der Waals surface area contributed by atoms with Crippen LogP contribution in [0.25, 0.3) is 11.2 Å². The molecule has 0 aliphatic carbocycles. The van der Waals surface area contributed by atoms with Gasteiger partial charge in [-0.1, -0.05) is 49.2 Å². The minimum absolute atomic E-state index is 0.0214. The molecule has 12 nitrogen and oxygen atoms in total. The van der Waals surface area contributed by atoms with E-state index < -0.39 is 27.1 Å². The highest BCUT2D eigenvalue weighted by Crippen LogP contribution is 2.26. The Balaban J connectivity index is 1.44. The van der Waals surface area contributed by atoms with Gasteiger partial charge in [-0.25, -0.2) is 27.6 Å². The number of hydrogen-bond donors (Lipinski definition) is 2. The second kappa shape index (κ2) is 11.5. The molecule has 0 radical (unpaired) electrons. The van der Waals surface area contributed by atoms with E-state index in [4.69, 9.17) is 11.6 Å². The monoisotopic (exact) mass is 614 g/mol. The molecular weight excluding hydrogens is 587 g/mol. The van der Waals surface area contributed by atoms with Gasteiger partial charge in [0.1, 0.15) is 33.0 Å². The average molecular weight is 615 g/mol. The van der Waals surface area contributed by atoms with Crippen molar-refractivity contribution >= 4 is 38.6 Å². The molecule has 0 spiro atoms. The number of nitrogens with one attached hydrogen (secondary N) is 2. The first kappa shape index (κ1) is 29.2. The number of halogens is 2. The number of pyridine rings is 1. The van der Waals surface area contributed by atoms with Crippen LogP contribution in [-0.4, -0.2) is 42.3 Å². The minimum atomic E-state index is -4.03. The highest BCUT2D eigenvalue weighted by molar-refractivity contribution is 7.92. The fraction of sp³-hybridized carbons (Fsp3) is 0.296. The molecule has 0 saturated heterocycles. The average Bonchev–Trinajstić information content (AvgIpc) is 3.48. The third-order valence-corrected chi connectivity index (χ3v) is 8.79. The lowest BCUT2D eigenvalue weighted by Crippen LogP contribution is -2.40. The number of sulfonamides is 1. The summed E-state index contributed by atoms with van der Waals surface area (Å²) < 4.78 is 46.2. The zero-order chi connectivity index (χ0) is 30.2. The lowest BCUT2D eigenvalue weighted by molar-refractivity contribution is 0.553. The maximum atomic E-state index is 14.3. The number of H-pyrrole nitrogens is 1. The van der Waals surface area contributed by atoms with E-state index in [2.05, 4.69) is 24.8 Å². The highest BCUT2D eigenvalue weighted by atomic mass is 35.5. The number of nitrogens with zero attached hydrogens (tertiary/aromatic N) is 6. The van der Waals surface area contributed by atoms with Crippen LogP contribution in [-0.2, 0) is 36.6 Å². The van der Waals surface area contributed by atoms with Gasteiger partial charge in [0.05, 0.1) is 12.2 Å². The molecule has 4 aromatic heterocycles. The molecule has 0 unspecified atom stereocenters. The Hall–Kier alpha value is -4.30. The SMILES string of the molecule is CCCCn1c(=O)n(Cc2ccccc2F)c(=O)c2[nH]c(Cc3ccc(NS(=O)(=O)c4c(C)nn(C)c4Cl)nc3)nc21. The second-order valence-electron chi connectivity index (χ2n) is 9.82. The van der Waals surface area contributed by atoms with Crippen molar-refractivity contribution < 1.29 is 12.8 Å². The second-order valence-corrected chi connectivity index (χ2v) is 11.8. The van der Waals surface area contributed by atoms with Gasteiger partial charge in [-0.3, -0.25) is 23.3 Å². The van der Waals surface area contributed by atoms with Crippen LogP contribution in [0.2, 0.25) is 5.15 Å². The number of benzene rings is 1. The molecule has 42 heavy (non-hydrogen) atoms. The molecule has 1 aromatic carbocycles. The molecule has 4 heterocycles. The molecule has 2 N–H and O–H groups in total. The lowest BCUT2D eigenvalue weighted by atomic mass is 10.2. The van der Waals surface area contributed by atoms with Crippen LogP contribution in [0.4, 0.5) is 10.2 Å². The summed E-state index contributed by atoms with van der Waals surface area (Å²) in [6.07, 6.45) is 3.19. The van der Waals surface area contributed by atoms with Crippen molar-refractivity contribution in [1.82, 2.24) is 33.9 Å². The molecule has 0 aliphatic rings. The highest BCUT2D eigenvalue weighted by Gasteiger charge is 2.26. The van der Waals surface area contributed by atoms with Gasteiger partial charge in [0, 0.05) is 31.8 Å². The summed E-state index contributed by atoms with van der Waals surface area (Å²) >= 11 is 6.12. The van der Waals surface area contributed by atoms with E-state index in [1.165, 1.54) is 33.6 Å². The first-order chi connectivity index (χ1) is 20.0. The predicted molar refractivity (Wildman–Crippen MR) is 156 cm³/mol. The maximum absolute atomic E-state index is 14.3. The summed E-state index contributed by atoms with van der Waals surface area (Å²) in [5, 5.41) is 4.01. The quantitative estimate of drug-likeness (QED) is 0.245. The van der Waals surface area contributed by atoms with Gasteiger partial charge < -0.3 is 4.98 Å². The molecule has 5 aromatic rings. The Morgan fingerprint density at radius 1 is 1.12 bits per heavy atom. The zero-order valence-corrected chi connectivity index (χ0v) is 24.6. The third-order valence-electron chi connectivity index (χ3n) is 6.74. The molecule has 0 atom stereocenters. The van der Waals surface area contributed by atoms with Gasteiger partial charge in [-0.2, -0.15) is 5.10 Å². The normalized spacial score (nSPS) is 11.8. The van der Waals surface area contributed by atoms with Crippen LogP contribution in [0, 0.1) is 12.7 Å². The van der Waals surface area contributed by atoms with Gasteiger partial charge in [-0.15, -0.1) is 0 Å². The van der Waals surface area contributed by atoms with Crippen LogP contribution in [0.1, 0.15) is 42.4 Å². The standard InChI is InChI=1S/C27H28ClFN8O4S/c1-4-5-12-36-25-22(26(38)37(27(36)39)15-18-8-6-7-9-19(18)29)31-21(32-25)13-17-10-11-20(30-14-17)34-42(40,41)23-16(2)33-35(3)24(23)28/h6-11,14H,4-5,12-13,15H2,1-3H3,(H,30,34)(H,31,32). The van der Waals surface area contributed by atoms with Gasteiger partial charge in [-0.05, 0) is 31.0 Å². The number of aromatic nitrogens is 7. The van der Waals surface area contributed by atoms with Gasteiger partial charge in [0.2, 0.25) is 0 Å². The summed E-state index contributed by atoms with van der Waals surface area (Å²) in [4.78, 5) is 38.4. The topological polar surface area (TPSA) is 150 Å². The maximum Gasteiger partial charge on any atom is 0.333 e. The molecule has 5 rings (SSSR count). The number of unbranched alkanes of at least 4 members (excludes halogenated alkanes) is 1. The van der Waals surface area contributed by atoms with Crippen molar-refractivity contribution in [1.29, 1.82) is 0 Å². The predicted octanol–water partition coefficient (Wildman–Crippen LogP) is 3.36.